The summed E-state index contributed by atoms with van der Waals surface area (Å²) >= 11 is 0. The zero-order valence-corrected chi connectivity index (χ0v) is 4.26. The Hall–Kier alpha value is -0.890. The van der Waals surface area contributed by atoms with Gasteiger partial charge in [-0.25, -0.2) is 4.98 Å². The molecule has 0 saturated heterocycles. The van der Waals surface area contributed by atoms with Crippen molar-refractivity contribution in [1.82, 2.24) is 4.98 Å². The maximum atomic E-state index is 8.45. The smallest absolute Gasteiger partial charge is 0.0953 e. The molecule has 1 heterocycles. The zero-order valence-electron chi connectivity index (χ0n) is 4.26. The van der Waals surface area contributed by atoms with E-state index in [9.17, 15) is 0 Å². The van der Waals surface area contributed by atoms with Crippen molar-refractivity contribution in [3.63, 3.8) is 0 Å². The number of rotatable bonds is 1. The van der Waals surface area contributed by atoms with E-state index in [4.69, 9.17) is 5.11 Å². The van der Waals surface area contributed by atoms with Crippen LogP contribution in [0.4, 0.5) is 0 Å². The highest BCUT2D eigenvalue weighted by atomic mass is 16.3. The fourth-order valence-corrected chi connectivity index (χ4v) is 0.405. The summed E-state index contributed by atoms with van der Waals surface area (Å²) in [6.45, 7) is 0.00167. The third-order valence-corrected chi connectivity index (χ3v) is 0.793. The third kappa shape index (κ3) is 1.04. The van der Waals surface area contributed by atoms with Gasteiger partial charge in [0.25, 0.3) is 0 Å². The highest BCUT2D eigenvalue weighted by Gasteiger charge is 1.84. The molecule has 0 amide bonds. The van der Waals surface area contributed by atoms with Gasteiger partial charge in [-0.15, -0.1) is 0 Å². The minimum Gasteiger partial charge on any atom is -0.392 e. The standard InChI is InChI=1S/C6H5NO/c8-5-6-2-1-3-7-4-6/h1-2,8H,5H2. The summed E-state index contributed by atoms with van der Waals surface area (Å²) < 4.78 is 0. The molecule has 0 saturated carbocycles. The predicted molar refractivity (Wildman–Crippen MR) is 27.8 cm³/mol. The second-order valence-corrected chi connectivity index (χ2v) is 1.37. The third-order valence-electron chi connectivity index (χ3n) is 0.793. The van der Waals surface area contributed by atoms with Gasteiger partial charge in [-0.1, -0.05) is 6.07 Å². The summed E-state index contributed by atoms with van der Waals surface area (Å²) in [5, 5.41) is 8.45. The average molecular weight is 107 g/mol. The molecule has 0 fully saturated rings. The van der Waals surface area contributed by atoms with Crippen LogP contribution in [0, 0.1) is 12.4 Å². The molecule has 0 unspecified atom stereocenters. The maximum Gasteiger partial charge on any atom is 0.0953 e. The van der Waals surface area contributed by atoms with Crippen LogP contribution in [-0.2, 0) is 6.61 Å². The summed E-state index contributed by atoms with van der Waals surface area (Å²) in [6.07, 6.45) is 5.11. The summed E-state index contributed by atoms with van der Waals surface area (Å²) in [7, 11) is 0. The van der Waals surface area contributed by atoms with Crippen molar-refractivity contribution in [2.45, 2.75) is 6.61 Å². The largest absolute Gasteiger partial charge is 0.392 e. The Morgan fingerprint density at radius 3 is 3.00 bits per heavy atom. The van der Waals surface area contributed by atoms with Crippen molar-refractivity contribution in [3.05, 3.63) is 30.1 Å². The van der Waals surface area contributed by atoms with Gasteiger partial charge in [-0.3, -0.25) is 0 Å². The minimum atomic E-state index is 0.00167. The van der Waals surface area contributed by atoms with Crippen LogP contribution in [0.15, 0.2) is 12.1 Å². The predicted octanol–water partition coefficient (Wildman–Crippen LogP) is 0.174. The summed E-state index contributed by atoms with van der Waals surface area (Å²) in [4.78, 5) is 3.55. The number of hydrogen-bond acceptors (Lipinski definition) is 2. The molecule has 0 aliphatic heterocycles. The van der Waals surface area contributed by atoms with E-state index in [1.807, 2.05) is 0 Å². The molecule has 8 heavy (non-hydrogen) atoms. The Morgan fingerprint density at radius 2 is 2.62 bits per heavy atom. The number of pyridine rings is 1. The first-order valence-corrected chi connectivity index (χ1v) is 2.28. The van der Waals surface area contributed by atoms with Gasteiger partial charge in [-0.2, -0.15) is 0 Å². The van der Waals surface area contributed by atoms with Gasteiger partial charge in [0.05, 0.1) is 19.0 Å². The van der Waals surface area contributed by atoms with Crippen LogP contribution in [0.25, 0.3) is 0 Å². The van der Waals surface area contributed by atoms with Crippen molar-refractivity contribution >= 4 is 0 Å². The number of nitrogens with zero attached hydrogens (tertiary/aromatic N) is 1. The van der Waals surface area contributed by atoms with Gasteiger partial charge in [-0.05, 0) is 6.07 Å². The van der Waals surface area contributed by atoms with E-state index < -0.39 is 0 Å². The minimum absolute atomic E-state index is 0.00167. The van der Waals surface area contributed by atoms with E-state index in [0.717, 1.165) is 0 Å². The average Bonchev–Trinajstić information content (AvgIpc) is 1.90. The van der Waals surface area contributed by atoms with E-state index in [1.165, 1.54) is 0 Å². The second kappa shape index (κ2) is 2.43. The highest BCUT2D eigenvalue weighted by Crippen LogP contribution is 1.90. The molecular formula is C6H5NO. The molecule has 2 heteroatoms. The van der Waals surface area contributed by atoms with Crippen LogP contribution in [-0.4, -0.2) is 10.1 Å². The summed E-state index contributed by atoms with van der Waals surface area (Å²) in [5.41, 5.74) is 0.698. The first kappa shape index (κ1) is 5.25. The lowest BCUT2D eigenvalue weighted by Crippen LogP contribution is -1.82. The molecule has 2 radical (unpaired) electrons. The first-order valence-electron chi connectivity index (χ1n) is 2.28. The number of hydrogen-bond donors (Lipinski definition) is 1. The van der Waals surface area contributed by atoms with Crippen LogP contribution in [0.2, 0.25) is 0 Å². The molecule has 1 aromatic rings. The van der Waals surface area contributed by atoms with Crippen LogP contribution in [0.3, 0.4) is 0 Å². The van der Waals surface area contributed by atoms with E-state index >= 15 is 0 Å². The Morgan fingerprint density at radius 1 is 1.75 bits per heavy atom. The quantitative estimate of drug-likeness (QED) is 0.555. The van der Waals surface area contributed by atoms with E-state index in [1.54, 1.807) is 12.1 Å². The van der Waals surface area contributed by atoms with E-state index in [0.29, 0.717) is 5.56 Å². The monoisotopic (exact) mass is 107 g/mol. The molecule has 2 nitrogen and oxygen atoms in total. The molecule has 1 N–H and O–H groups in total. The van der Waals surface area contributed by atoms with E-state index in [-0.39, 0.29) is 6.61 Å². The van der Waals surface area contributed by atoms with Gasteiger partial charge < -0.3 is 5.11 Å². The molecular weight excluding hydrogens is 102 g/mol. The van der Waals surface area contributed by atoms with Crippen LogP contribution >= 0.6 is 0 Å². The lowest BCUT2D eigenvalue weighted by atomic mass is 10.3. The number of aromatic nitrogens is 1. The lowest BCUT2D eigenvalue weighted by molar-refractivity contribution is 0.281. The van der Waals surface area contributed by atoms with Gasteiger partial charge in [0.15, 0.2) is 0 Å². The summed E-state index contributed by atoms with van der Waals surface area (Å²) in [6, 6.07) is 3.36. The topological polar surface area (TPSA) is 33.1 Å². The normalized spacial score (nSPS) is 9.12. The molecule has 1 aromatic heterocycles. The molecule has 0 spiro atoms. The SMILES string of the molecule is OCc1[c]n[c]cc1. The van der Waals surface area contributed by atoms with Crippen LogP contribution < -0.4 is 0 Å². The highest BCUT2D eigenvalue weighted by molar-refractivity contribution is 5.04. The fourth-order valence-electron chi connectivity index (χ4n) is 0.405. The van der Waals surface area contributed by atoms with Crippen molar-refractivity contribution in [2.75, 3.05) is 0 Å². The van der Waals surface area contributed by atoms with Gasteiger partial charge in [0.2, 0.25) is 0 Å². The van der Waals surface area contributed by atoms with Gasteiger partial charge in [0, 0.05) is 5.56 Å². The Labute approximate surface area is 47.8 Å². The Balaban J connectivity index is 2.83. The van der Waals surface area contributed by atoms with Crippen LogP contribution in [0.1, 0.15) is 5.56 Å². The lowest BCUT2D eigenvalue weighted by Gasteiger charge is -1.86. The Kier molecular flexibility index (Phi) is 1.59. The molecule has 0 bridgehead atoms. The van der Waals surface area contributed by atoms with Gasteiger partial charge in [0.1, 0.15) is 0 Å². The fraction of sp³-hybridized carbons (Fsp3) is 0.167. The molecule has 1 rings (SSSR count). The maximum absolute atomic E-state index is 8.45. The molecule has 40 valence electrons. The Bertz CT molecular complexity index is 150. The molecule has 0 atom stereocenters. The molecule has 0 aliphatic carbocycles. The number of aliphatic hydroxyl groups is 1. The van der Waals surface area contributed by atoms with Crippen LogP contribution in [0.5, 0.6) is 0 Å². The zero-order chi connectivity index (χ0) is 5.82. The van der Waals surface area contributed by atoms with Gasteiger partial charge >= 0.3 is 0 Å². The first-order chi connectivity index (χ1) is 3.93. The summed E-state index contributed by atoms with van der Waals surface area (Å²) in [5.74, 6) is 0. The number of aliphatic hydroxyl groups excluding tert-OH is 1. The van der Waals surface area contributed by atoms with E-state index in [2.05, 4.69) is 17.4 Å². The second-order valence-electron chi connectivity index (χ2n) is 1.37. The molecule has 0 aliphatic rings. The van der Waals surface area contributed by atoms with Crippen molar-refractivity contribution in [2.24, 2.45) is 0 Å². The van der Waals surface area contributed by atoms with Crippen molar-refractivity contribution in [1.29, 1.82) is 0 Å². The molecule has 0 aromatic carbocycles. The van der Waals surface area contributed by atoms with Crippen molar-refractivity contribution in [3.8, 4) is 0 Å². The van der Waals surface area contributed by atoms with Crippen molar-refractivity contribution < 1.29 is 5.11 Å².